The van der Waals surface area contributed by atoms with Crippen LogP contribution >= 0.6 is 0 Å². The summed E-state index contributed by atoms with van der Waals surface area (Å²) in [7, 11) is 1.62. The van der Waals surface area contributed by atoms with Crippen LogP contribution in [0.15, 0.2) is 24.3 Å². The van der Waals surface area contributed by atoms with Crippen LogP contribution in [0.2, 0.25) is 0 Å². The molecule has 4 amide bonds. The van der Waals surface area contributed by atoms with Crippen molar-refractivity contribution in [2.24, 2.45) is 11.8 Å². The smallest absolute Gasteiger partial charge is 0.324 e. The molecule has 1 aliphatic carbocycles. The predicted octanol–water partition coefficient (Wildman–Crippen LogP) is 4.32. The van der Waals surface area contributed by atoms with Crippen LogP contribution in [0.4, 0.5) is 10.5 Å². The Morgan fingerprint density at radius 2 is 1.81 bits per heavy atom. The molecule has 0 aromatic heterocycles. The normalized spacial score (nSPS) is 25.1. The molecule has 0 radical (unpaired) electrons. The molecule has 3 atom stereocenters. The zero-order valence-corrected chi connectivity index (χ0v) is 19.6. The van der Waals surface area contributed by atoms with E-state index in [-0.39, 0.29) is 29.7 Å². The summed E-state index contributed by atoms with van der Waals surface area (Å²) in [6.45, 7) is 7.86. The average Bonchev–Trinajstić information content (AvgIpc) is 3.01. The van der Waals surface area contributed by atoms with Gasteiger partial charge in [0, 0.05) is 5.56 Å². The summed E-state index contributed by atoms with van der Waals surface area (Å²) in [6.07, 6.45) is 5.33. The summed E-state index contributed by atoms with van der Waals surface area (Å²) >= 11 is 0. The lowest BCUT2D eigenvalue weighted by molar-refractivity contribution is -0.143. The van der Waals surface area contributed by atoms with E-state index in [0.29, 0.717) is 6.42 Å². The van der Waals surface area contributed by atoms with Crippen molar-refractivity contribution >= 4 is 29.1 Å². The van der Waals surface area contributed by atoms with E-state index >= 15 is 0 Å². The van der Waals surface area contributed by atoms with Gasteiger partial charge in [0.25, 0.3) is 0 Å². The van der Waals surface area contributed by atoms with Gasteiger partial charge >= 0.3 is 6.03 Å². The van der Waals surface area contributed by atoms with Crippen molar-refractivity contribution in [3.63, 3.8) is 0 Å². The molecule has 3 aliphatic rings. The summed E-state index contributed by atoms with van der Waals surface area (Å²) in [6, 6.07) is 5.32. The Hall–Kier alpha value is -2.83. The lowest BCUT2D eigenvalue weighted by atomic mass is 9.81. The summed E-state index contributed by atoms with van der Waals surface area (Å²) in [5, 5.41) is 3.00. The summed E-state index contributed by atoms with van der Waals surface area (Å²) in [4.78, 5) is 42.8. The summed E-state index contributed by atoms with van der Waals surface area (Å²) in [5.41, 5.74) is 2.18. The molecule has 1 saturated carbocycles. The van der Waals surface area contributed by atoms with E-state index in [1.54, 1.807) is 12.0 Å². The molecule has 2 fully saturated rings. The van der Waals surface area contributed by atoms with Gasteiger partial charge in [0.05, 0.1) is 30.2 Å². The zero-order valence-electron chi connectivity index (χ0n) is 19.6. The first kappa shape index (κ1) is 22.4. The molecule has 0 bridgehead atoms. The summed E-state index contributed by atoms with van der Waals surface area (Å²) in [5.74, 6) is -0.00469. The largest absolute Gasteiger partial charge is 0.497 e. The lowest BCUT2D eigenvalue weighted by Gasteiger charge is -2.42. The lowest BCUT2D eigenvalue weighted by Crippen LogP contribution is -2.59. The third kappa shape index (κ3) is 3.57. The number of carbonyl (C=O) groups is 3. The van der Waals surface area contributed by atoms with Crippen LogP contribution in [0, 0.1) is 11.8 Å². The van der Waals surface area contributed by atoms with E-state index in [1.807, 2.05) is 45.9 Å². The number of hydrogen-bond donors (Lipinski definition) is 1. The maximum absolute atomic E-state index is 13.6. The first-order valence-corrected chi connectivity index (χ1v) is 11.5. The fourth-order valence-corrected chi connectivity index (χ4v) is 5.56. The molecule has 0 spiro atoms. The number of fused-ring (bicyclic) bond motifs is 2. The maximum Gasteiger partial charge on any atom is 0.324 e. The standard InChI is InChI=1S/C25H33N3O4/c1-6-21(27-22(29)17-9-7-8-10-18(17)23(27)30)26-24(31)28-20-12-11-16(32-5)13-19(20)15(2)14-25(28,3)4/h11-14,17-18,21H,6-10H2,1-5H3,(H,26,31)/t17-,18-,21-/m1/s1. The minimum absolute atomic E-state index is 0.134. The minimum Gasteiger partial charge on any atom is -0.497 e. The van der Waals surface area contributed by atoms with E-state index in [4.69, 9.17) is 4.74 Å². The van der Waals surface area contributed by atoms with Gasteiger partial charge in [-0.1, -0.05) is 25.8 Å². The molecule has 2 heterocycles. The fraction of sp³-hybridized carbons (Fsp3) is 0.560. The van der Waals surface area contributed by atoms with Crippen LogP contribution in [-0.4, -0.2) is 41.6 Å². The molecule has 1 saturated heterocycles. The number of nitrogens with one attached hydrogen (secondary N) is 1. The van der Waals surface area contributed by atoms with Crippen LogP contribution in [0.3, 0.4) is 0 Å². The number of benzene rings is 1. The Balaban J connectivity index is 1.62. The third-order valence-corrected chi connectivity index (χ3v) is 7.08. The first-order chi connectivity index (χ1) is 15.2. The number of nitrogens with zero attached hydrogens (tertiary/aromatic N) is 2. The number of imide groups is 1. The number of allylic oxidation sites excluding steroid dienone is 1. The van der Waals surface area contributed by atoms with E-state index in [9.17, 15) is 14.4 Å². The molecule has 7 heteroatoms. The van der Waals surface area contributed by atoms with E-state index in [2.05, 4.69) is 11.4 Å². The number of anilines is 1. The molecule has 172 valence electrons. The Bertz CT molecular complexity index is 959. The molecular weight excluding hydrogens is 406 g/mol. The van der Waals surface area contributed by atoms with Crippen LogP contribution in [0.1, 0.15) is 65.4 Å². The van der Waals surface area contributed by atoms with Crippen molar-refractivity contribution in [3.8, 4) is 5.75 Å². The molecule has 1 aromatic rings. The number of rotatable bonds is 4. The SMILES string of the molecule is CC[C@H](NC(=O)N1c2ccc(OC)cc2C(C)=CC1(C)C)N1C(=O)[C@@H]2CCCC[C@H]2C1=O. The predicted molar refractivity (Wildman–Crippen MR) is 123 cm³/mol. The van der Waals surface area contributed by atoms with Crippen molar-refractivity contribution in [2.45, 2.75) is 71.5 Å². The van der Waals surface area contributed by atoms with Gasteiger partial charge in [0.15, 0.2) is 0 Å². The van der Waals surface area contributed by atoms with Gasteiger partial charge in [-0.25, -0.2) is 4.79 Å². The minimum atomic E-state index is -0.655. The number of carbonyl (C=O) groups excluding carboxylic acids is 3. The second-order valence-electron chi connectivity index (χ2n) is 9.62. The Morgan fingerprint density at radius 1 is 1.19 bits per heavy atom. The third-order valence-electron chi connectivity index (χ3n) is 7.08. The number of urea groups is 1. The monoisotopic (exact) mass is 439 g/mol. The molecule has 7 nitrogen and oxygen atoms in total. The Morgan fingerprint density at radius 3 is 2.38 bits per heavy atom. The van der Waals surface area contributed by atoms with Crippen LogP contribution in [-0.2, 0) is 9.59 Å². The van der Waals surface area contributed by atoms with Crippen molar-refractivity contribution < 1.29 is 19.1 Å². The molecule has 32 heavy (non-hydrogen) atoms. The first-order valence-electron chi connectivity index (χ1n) is 11.5. The van der Waals surface area contributed by atoms with Gasteiger partial charge < -0.3 is 10.1 Å². The number of ether oxygens (including phenoxy) is 1. The van der Waals surface area contributed by atoms with E-state index in [1.165, 1.54) is 4.90 Å². The van der Waals surface area contributed by atoms with Crippen LogP contribution in [0.25, 0.3) is 5.57 Å². The highest BCUT2D eigenvalue weighted by atomic mass is 16.5. The Labute approximate surface area is 189 Å². The zero-order chi connectivity index (χ0) is 23.2. The molecular formula is C25H33N3O4. The van der Waals surface area contributed by atoms with E-state index in [0.717, 1.165) is 48.3 Å². The van der Waals surface area contributed by atoms with Gasteiger partial charge in [0.2, 0.25) is 11.8 Å². The highest BCUT2D eigenvalue weighted by molar-refractivity contribution is 6.06. The second-order valence-corrected chi connectivity index (χ2v) is 9.62. The number of methoxy groups -OCH3 is 1. The van der Waals surface area contributed by atoms with Crippen molar-refractivity contribution in [2.75, 3.05) is 12.0 Å². The van der Waals surface area contributed by atoms with Crippen molar-refractivity contribution in [3.05, 3.63) is 29.8 Å². The van der Waals surface area contributed by atoms with Gasteiger partial charge in [-0.3, -0.25) is 19.4 Å². The molecule has 1 aromatic carbocycles. The van der Waals surface area contributed by atoms with Gasteiger partial charge in [-0.2, -0.15) is 0 Å². The highest BCUT2D eigenvalue weighted by Crippen LogP contribution is 2.41. The fourth-order valence-electron chi connectivity index (χ4n) is 5.56. The van der Waals surface area contributed by atoms with Crippen molar-refractivity contribution in [1.29, 1.82) is 0 Å². The number of hydrogen-bond acceptors (Lipinski definition) is 4. The molecule has 2 aliphatic heterocycles. The van der Waals surface area contributed by atoms with E-state index < -0.39 is 11.7 Å². The van der Waals surface area contributed by atoms with Crippen LogP contribution in [0.5, 0.6) is 5.75 Å². The average molecular weight is 440 g/mol. The van der Waals surface area contributed by atoms with Gasteiger partial charge in [-0.15, -0.1) is 0 Å². The van der Waals surface area contributed by atoms with Gasteiger partial charge in [-0.05, 0) is 63.8 Å². The number of likely N-dealkylation sites (tertiary alicyclic amines) is 1. The molecule has 0 unspecified atom stereocenters. The van der Waals surface area contributed by atoms with Crippen molar-refractivity contribution in [1.82, 2.24) is 10.2 Å². The number of amides is 4. The molecule has 1 N–H and O–H groups in total. The maximum atomic E-state index is 13.6. The topological polar surface area (TPSA) is 79.0 Å². The second kappa shape index (κ2) is 8.26. The highest BCUT2D eigenvalue weighted by Gasteiger charge is 2.50. The van der Waals surface area contributed by atoms with Gasteiger partial charge in [0.1, 0.15) is 11.9 Å². The summed E-state index contributed by atoms with van der Waals surface area (Å²) < 4.78 is 5.37. The quantitative estimate of drug-likeness (QED) is 0.709. The van der Waals surface area contributed by atoms with Crippen LogP contribution < -0.4 is 15.0 Å². The molecule has 4 rings (SSSR count). The Kier molecular flexibility index (Phi) is 5.77.